The van der Waals surface area contributed by atoms with Crippen molar-refractivity contribution < 1.29 is 9.15 Å². The molecule has 0 radical (unpaired) electrons. The van der Waals surface area contributed by atoms with E-state index in [4.69, 9.17) is 9.15 Å². The van der Waals surface area contributed by atoms with Crippen molar-refractivity contribution in [2.45, 2.75) is 6.92 Å². The van der Waals surface area contributed by atoms with Crippen molar-refractivity contribution in [1.82, 2.24) is 0 Å². The first-order valence-corrected chi connectivity index (χ1v) is 7.48. The molecule has 0 amide bonds. The highest BCUT2D eigenvalue weighted by atomic mass is 79.9. The Balaban J connectivity index is 2.08. The van der Waals surface area contributed by atoms with E-state index < -0.39 is 0 Å². The van der Waals surface area contributed by atoms with Gasteiger partial charge in [-0.2, -0.15) is 0 Å². The molecule has 3 rings (SSSR count). The van der Waals surface area contributed by atoms with Gasteiger partial charge in [-0.3, -0.25) is 0 Å². The van der Waals surface area contributed by atoms with Crippen LogP contribution in [0.1, 0.15) is 5.56 Å². The van der Waals surface area contributed by atoms with Crippen molar-refractivity contribution in [3.8, 4) is 28.4 Å². The van der Waals surface area contributed by atoms with Crippen LogP contribution in [0.2, 0.25) is 0 Å². The van der Waals surface area contributed by atoms with Gasteiger partial charge in [-0.1, -0.05) is 30.3 Å². The van der Waals surface area contributed by atoms with Gasteiger partial charge in [0.25, 0.3) is 0 Å². The second kappa shape index (κ2) is 5.78. The SMILES string of the molecule is COc1ccc(-c2oc(-c3ccccc3)c(Br)c2C)cc1. The van der Waals surface area contributed by atoms with Crippen molar-refractivity contribution in [2.75, 3.05) is 7.11 Å². The van der Waals surface area contributed by atoms with Gasteiger partial charge >= 0.3 is 0 Å². The predicted molar refractivity (Wildman–Crippen MR) is 88.6 cm³/mol. The standard InChI is InChI=1S/C18H15BrO2/c1-12-16(19)18(13-6-4-3-5-7-13)21-17(12)14-8-10-15(20-2)11-9-14/h3-11H,1-2H3. The lowest BCUT2D eigenvalue weighted by Gasteiger charge is -2.02. The van der Waals surface area contributed by atoms with Crippen molar-refractivity contribution >= 4 is 15.9 Å². The fraction of sp³-hybridized carbons (Fsp3) is 0.111. The number of hydrogen-bond acceptors (Lipinski definition) is 2. The van der Waals surface area contributed by atoms with Crippen molar-refractivity contribution in [2.24, 2.45) is 0 Å². The Morgan fingerprint density at radius 2 is 1.48 bits per heavy atom. The van der Waals surface area contributed by atoms with Gasteiger partial charge in [-0.15, -0.1) is 0 Å². The van der Waals surface area contributed by atoms with Crippen LogP contribution in [-0.2, 0) is 0 Å². The molecule has 2 aromatic carbocycles. The molecule has 21 heavy (non-hydrogen) atoms. The minimum atomic E-state index is 0.838. The van der Waals surface area contributed by atoms with E-state index in [0.29, 0.717) is 0 Å². The van der Waals surface area contributed by atoms with Crippen molar-refractivity contribution in [3.05, 3.63) is 64.6 Å². The maximum Gasteiger partial charge on any atom is 0.149 e. The van der Waals surface area contributed by atoms with Crippen LogP contribution in [0.15, 0.2) is 63.5 Å². The molecule has 0 N–H and O–H groups in total. The molecule has 3 aromatic rings. The third-order valence-electron chi connectivity index (χ3n) is 3.46. The summed E-state index contributed by atoms with van der Waals surface area (Å²) in [6.07, 6.45) is 0. The second-order valence-electron chi connectivity index (χ2n) is 4.79. The van der Waals surface area contributed by atoms with E-state index in [1.54, 1.807) is 7.11 Å². The van der Waals surface area contributed by atoms with Gasteiger partial charge in [0, 0.05) is 16.7 Å². The van der Waals surface area contributed by atoms with Crippen molar-refractivity contribution in [3.63, 3.8) is 0 Å². The molecule has 0 aliphatic heterocycles. The summed E-state index contributed by atoms with van der Waals surface area (Å²) >= 11 is 3.64. The molecule has 0 fully saturated rings. The van der Waals surface area contributed by atoms with E-state index >= 15 is 0 Å². The van der Waals surface area contributed by atoms with Gasteiger partial charge in [-0.05, 0) is 47.1 Å². The normalized spacial score (nSPS) is 10.6. The van der Waals surface area contributed by atoms with Gasteiger partial charge in [0.05, 0.1) is 11.6 Å². The van der Waals surface area contributed by atoms with Gasteiger partial charge in [-0.25, -0.2) is 0 Å². The Labute approximate surface area is 132 Å². The molecule has 2 nitrogen and oxygen atoms in total. The molecule has 0 saturated carbocycles. The van der Waals surface area contributed by atoms with Crippen molar-refractivity contribution in [1.29, 1.82) is 0 Å². The van der Waals surface area contributed by atoms with Gasteiger partial charge in [0.15, 0.2) is 0 Å². The zero-order chi connectivity index (χ0) is 14.8. The molecule has 0 spiro atoms. The van der Waals surface area contributed by atoms with E-state index in [2.05, 4.69) is 22.9 Å². The summed E-state index contributed by atoms with van der Waals surface area (Å²) < 4.78 is 12.3. The fourth-order valence-electron chi connectivity index (χ4n) is 2.29. The Hall–Kier alpha value is -2.00. The third kappa shape index (κ3) is 2.61. The summed E-state index contributed by atoms with van der Waals surface area (Å²) in [5.41, 5.74) is 3.20. The molecule has 1 aromatic heterocycles. The summed E-state index contributed by atoms with van der Waals surface area (Å²) in [6.45, 7) is 2.06. The number of rotatable bonds is 3. The topological polar surface area (TPSA) is 22.4 Å². The van der Waals surface area contributed by atoms with E-state index in [9.17, 15) is 0 Å². The lowest BCUT2D eigenvalue weighted by atomic mass is 10.1. The first kappa shape index (κ1) is 14.0. The maximum absolute atomic E-state index is 6.10. The Morgan fingerprint density at radius 3 is 2.10 bits per heavy atom. The number of methoxy groups -OCH3 is 1. The number of furan rings is 1. The average Bonchev–Trinajstić information content (AvgIpc) is 2.84. The number of ether oxygens (including phenoxy) is 1. The van der Waals surface area contributed by atoms with Crippen LogP contribution in [-0.4, -0.2) is 7.11 Å². The summed E-state index contributed by atoms with van der Waals surface area (Å²) in [6, 6.07) is 18.0. The molecule has 0 atom stereocenters. The summed E-state index contributed by atoms with van der Waals surface area (Å²) in [7, 11) is 1.66. The predicted octanol–water partition coefficient (Wildman–Crippen LogP) is 5.69. The highest BCUT2D eigenvalue weighted by Gasteiger charge is 2.17. The third-order valence-corrected chi connectivity index (χ3v) is 4.42. The maximum atomic E-state index is 6.10. The molecule has 0 saturated heterocycles. The van der Waals surface area contributed by atoms with Gasteiger partial charge < -0.3 is 9.15 Å². The lowest BCUT2D eigenvalue weighted by Crippen LogP contribution is -1.82. The average molecular weight is 343 g/mol. The van der Waals surface area contributed by atoms with Crippen LogP contribution in [0, 0.1) is 6.92 Å². The Morgan fingerprint density at radius 1 is 0.857 bits per heavy atom. The largest absolute Gasteiger partial charge is 0.497 e. The van der Waals surface area contributed by atoms with Crippen LogP contribution in [0.25, 0.3) is 22.6 Å². The van der Waals surface area contributed by atoms with E-state index in [0.717, 1.165) is 38.4 Å². The molecule has 106 valence electrons. The van der Waals surface area contributed by atoms with E-state index in [1.165, 1.54) is 0 Å². The van der Waals surface area contributed by atoms with Crippen LogP contribution >= 0.6 is 15.9 Å². The second-order valence-corrected chi connectivity index (χ2v) is 5.59. The highest BCUT2D eigenvalue weighted by Crippen LogP contribution is 2.40. The first-order chi connectivity index (χ1) is 10.2. The molecule has 1 heterocycles. The highest BCUT2D eigenvalue weighted by molar-refractivity contribution is 9.10. The first-order valence-electron chi connectivity index (χ1n) is 6.69. The summed E-state index contributed by atoms with van der Waals surface area (Å²) in [4.78, 5) is 0. The fourth-order valence-corrected chi connectivity index (χ4v) is 2.78. The summed E-state index contributed by atoms with van der Waals surface area (Å²) in [5, 5.41) is 0. The molecule has 0 unspecified atom stereocenters. The smallest absolute Gasteiger partial charge is 0.149 e. The number of halogens is 1. The van der Waals surface area contributed by atoms with Crippen LogP contribution in [0.3, 0.4) is 0 Å². The molecule has 0 bridgehead atoms. The number of hydrogen-bond donors (Lipinski definition) is 0. The van der Waals surface area contributed by atoms with E-state index in [1.807, 2.05) is 54.6 Å². The van der Waals surface area contributed by atoms with E-state index in [-0.39, 0.29) is 0 Å². The molecular formula is C18H15BrO2. The minimum Gasteiger partial charge on any atom is -0.497 e. The summed E-state index contributed by atoms with van der Waals surface area (Å²) in [5.74, 6) is 2.58. The zero-order valence-corrected chi connectivity index (χ0v) is 13.5. The van der Waals surface area contributed by atoms with Crippen LogP contribution in [0.5, 0.6) is 5.75 Å². The number of benzene rings is 2. The minimum absolute atomic E-state index is 0.838. The van der Waals surface area contributed by atoms with Gasteiger partial charge in [0.2, 0.25) is 0 Å². The Bertz CT molecular complexity index is 743. The lowest BCUT2D eigenvalue weighted by molar-refractivity contribution is 0.415. The van der Waals surface area contributed by atoms with Crippen LogP contribution in [0.4, 0.5) is 0 Å². The quantitative estimate of drug-likeness (QED) is 0.609. The molecular weight excluding hydrogens is 328 g/mol. The monoisotopic (exact) mass is 342 g/mol. The molecule has 0 aliphatic rings. The zero-order valence-electron chi connectivity index (χ0n) is 11.9. The molecule has 3 heteroatoms. The van der Waals surface area contributed by atoms with Gasteiger partial charge in [0.1, 0.15) is 17.3 Å². The molecule has 0 aliphatic carbocycles. The Kier molecular flexibility index (Phi) is 3.84. The van der Waals surface area contributed by atoms with Crippen LogP contribution < -0.4 is 4.74 Å².